The summed E-state index contributed by atoms with van der Waals surface area (Å²) in [4.78, 5) is 11.4. The van der Waals surface area contributed by atoms with Crippen LogP contribution in [0.2, 0.25) is 0 Å². The standard InChI is InChI=1S/C10H10F3N5O/c1-5-3-15-6(16-4-5)7-17-8(19-18-7)9(2,14)10(11,12)13/h3-4H,14H2,1-2H3. The Hall–Kier alpha value is -2.03. The molecule has 0 fully saturated rings. The van der Waals surface area contributed by atoms with Crippen molar-refractivity contribution in [2.45, 2.75) is 25.6 Å². The van der Waals surface area contributed by atoms with Crippen molar-refractivity contribution < 1.29 is 17.7 Å². The zero-order valence-electron chi connectivity index (χ0n) is 10.1. The SMILES string of the molecule is Cc1cnc(-c2noc(C(C)(N)C(F)(F)F)n2)nc1. The molecule has 0 aliphatic rings. The first-order valence-corrected chi connectivity index (χ1v) is 5.20. The van der Waals surface area contributed by atoms with E-state index in [1.54, 1.807) is 6.92 Å². The first-order valence-electron chi connectivity index (χ1n) is 5.20. The summed E-state index contributed by atoms with van der Waals surface area (Å²) in [6.45, 7) is 2.52. The summed E-state index contributed by atoms with van der Waals surface area (Å²) in [5.74, 6) is -0.811. The predicted octanol–water partition coefficient (Wildman–Crippen LogP) is 1.57. The van der Waals surface area contributed by atoms with Gasteiger partial charge in [-0.2, -0.15) is 18.2 Å². The van der Waals surface area contributed by atoms with Crippen molar-refractivity contribution in [2.24, 2.45) is 5.73 Å². The number of halogens is 3. The fourth-order valence-corrected chi connectivity index (χ4v) is 1.15. The number of hydrogen-bond acceptors (Lipinski definition) is 6. The summed E-state index contributed by atoms with van der Waals surface area (Å²) in [6.07, 6.45) is -1.72. The van der Waals surface area contributed by atoms with Gasteiger partial charge in [0.2, 0.25) is 11.6 Å². The van der Waals surface area contributed by atoms with Crippen molar-refractivity contribution in [3.05, 3.63) is 23.8 Å². The van der Waals surface area contributed by atoms with Gasteiger partial charge in [0, 0.05) is 12.4 Å². The van der Waals surface area contributed by atoms with Crippen LogP contribution < -0.4 is 5.73 Å². The topological polar surface area (TPSA) is 90.7 Å². The third kappa shape index (κ3) is 2.41. The van der Waals surface area contributed by atoms with Crippen LogP contribution in [-0.2, 0) is 5.54 Å². The van der Waals surface area contributed by atoms with Crippen molar-refractivity contribution >= 4 is 0 Å². The Kier molecular flexibility index (Phi) is 3.01. The van der Waals surface area contributed by atoms with E-state index in [1.807, 2.05) is 0 Å². The van der Waals surface area contributed by atoms with Crippen LogP contribution >= 0.6 is 0 Å². The maximum atomic E-state index is 12.7. The number of nitrogens with zero attached hydrogens (tertiary/aromatic N) is 4. The summed E-state index contributed by atoms with van der Waals surface area (Å²) in [7, 11) is 0. The van der Waals surface area contributed by atoms with Crippen LogP contribution in [0.1, 0.15) is 18.4 Å². The van der Waals surface area contributed by atoms with Crippen LogP contribution in [0.25, 0.3) is 11.6 Å². The molecule has 0 amide bonds. The van der Waals surface area contributed by atoms with Crippen molar-refractivity contribution in [1.82, 2.24) is 20.1 Å². The Labute approximate surface area is 105 Å². The third-order valence-corrected chi connectivity index (χ3v) is 2.44. The van der Waals surface area contributed by atoms with Crippen molar-refractivity contribution in [2.75, 3.05) is 0 Å². The molecule has 2 N–H and O–H groups in total. The Morgan fingerprint density at radius 3 is 2.26 bits per heavy atom. The van der Waals surface area contributed by atoms with E-state index in [2.05, 4.69) is 24.6 Å². The van der Waals surface area contributed by atoms with Crippen LogP contribution in [0.4, 0.5) is 13.2 Å². The molecule has 6 nitrogen and oxygen atoms in total. The number of rotatable bonds is 2. The molecule has 0 saturated carbocycles. The fraction of sp³-hybridized carbons (Fsp3) is 0.400. The Balaban J connectivity index is 2.37. The molecule has 2 rings (SSSR count). The molecular weight excluding hydrogens is 263 g/mol. The minimum atomic E-state index is -4.70. The highest BCUT2D eigenvalue weighted by Gasteiger charge is 2.53. The van der Waals surface area contributed by atoms with Gasteiger partial charge >= 0.3 is 6.18 Å². The van der Waals surface area contributed by atoms with E-state index in [0.29, 0.717) is 0 Å². The van der Waals surface area contributed by atoms with Gasteiger partial charge in [-0.15, -0.1) is 0 Å². The summed E-state index contributed by atoms with van der Waals surface area (Å²) >= 11 is 0. The second-order valence-electron chi connectivity index (χ2n) is 4.21. The van der Waals surface area contributed by atoms with Crippen molar-refractivity contribution in [3.63, 3.8) is 0 Å². The van der Waals surface area contributed by atoms with Crippen LogP contribution in [-0.4, -0.2) is 26.3 Å². The molecule has 0 bridgehead atoms. The lowest BCUT2D eigenvalue weighted by atomic mass is 10.0. The largest absolute Gasteiger partial charge is 0.415 e. The first-order chi connectivity index (χ1) is 8.72. The molecule has 2 aromatic rings. The molecule has 0 aliphatic heterocycles. The summed E-state index contributed by atoms with van der Waals surface area (Å²) < 4.78 is 42.7. The zero-order valence-corrected chi connectivity index (χ0v) is 10.1. The first kappa shape index (κ1) is 13.4. The van der Waals surface area contributed by atoms with Crippen LogP contribution in [0.15, 0.2) is 16.9 Å². The van der Waals surface area contributed by atoms with E-state index in [4.69, 9.17) is 5.73 Å². The van der Waals surface area contributed by atoms with Gasteiger partial charge in [0.05, 0.1) is 0 Å². The van der Waals surface area contributed by atoms with E-state index in [1.165, 1.54) is 12.4 Å². The molecule has 0 aromatic carbocycles. The third-order valence-electron chi connectivity index (χ3n) is 2.44. The lowest BCUT2D eigenvalue weighted by molar-refractivity contribution is -0.190. The Bertz CT molecular complexity index is 576. The Morgan fingerprint density at radius 2 is 1.74 bits per heavy atom. The summed E-state index contributed by atoms with van der Waals surface area (Å²) in [5.41, 5.74) is 3.25. The van der Waals surface area contributed by atoms with E-state index >= 15 is 0 Å². The highest BCUT2D eigenvalue weighted by molar-refractivity contribution is 5.41. The molecule has 0 saturated heterocycles. The van der Waals surface area contributed by atoms with E-state index < -0.39 is 17.6 Å². The second kappa shape index (κ2) is 4.26. The maximum Gasteiger partial charge on any atom is 0.415 e. The fourth-order valence-electron chi connectivity index (χ4n) is 1.15. The average Bonchev–Trinajstić information content (AvgIpc) is 2.78. The molecule has 9 heteroatoms. The Morgan fingerprint density at radius 1 is 1.16 bits per heavy atom. The second-order valence-corrected chi connectivity index (χ2v) is 4.21. The highest BCUT2D eigenvalue weighted by Crippen LogP contribution is 2.35. The summed E-state index contributed by atoms with van der Waals surface area (Å²) in [6, 6.07) is 0. The van der Waals surface area contributed by atoms with Gasteiger partial charge in [0.15, 0.2) is 5.54 Å². The molecule has 2 aromatic heterocycles. The average molecular weight is 273 g/mol. The predicted molar refractivity (Wildman–Crippen MR) is 57.7 cm³/mol. The van der Waals surface area contributed by atoms with E-state index in [0.717, 1.165) is 12.5 Å². The molecule has 0 spiro atoms. The van der Waals surface area contributed by atoms with Crippen LogP contribution in [0, 0.1) is 6.92 Å². The lowest BCUT2D eigenvalue weighted by Gasteiger charge is -2.22. The van der Waals surface area contributed by atoms with Crippen LogP contribution in [0.5, 0.6) is 0 Å². The summed E-state index contributed by atoms with van der Waals surface area (Å²) in [5, 5.41) is 3.40. The quantitative estimate of drug-likeness (QED) is 0.893. The number of hydrogen-bond donors (Lipinski definition) is 1. The monoisotopic (exact) mass is 273 g/mol. The van der Waals surface area contributed by atoms with Gasteiger partial charge in [0.25, 0.3) is 5.89 Å². The molecule has 2 heterocycles. The minimum absolute atomic E-state index is 0.0681. The normalized spacial score (nSPS) is 15.3. The lowest BCUT2D eigenvalue weighted by Crippen LogP contribution is -2.48. The maximum absolute atomic E-state index is 12.7. The highest BCUT2D eigenvalue weighted by atomic mass is 19.4. The van der Waals surface area contributed by atoms with E-state index in [-0.39, 0.29) is 11.6 Å². The molecule has 0 aliphatic carbocycles. The molecule has 0 radical (unpaired) electrons. The van der Waals surface area contributed by atoms with Crippen molar-refractivity contribution in [3.8, 4) is 11.6 Å². The zero-order chi connectivity index (χ0) is 14.3. The van der Waals surface area contributed by atoms with Gasteiger partial charge < -0.3 is 10.3 Å². The molecule has 1 unspecified atom stereocenters. The molecule has 19 heavy (non-hydrogen) atoms. The number of aryl methyl sites for hydroxylation is 1. The number of alkyl halides is 3. The van der Waals surface area contributed by atoms with Gasteiger partial charge in [-0.3, -0.25) is 0 Å². The minimum Gasteiger partial charge on any atom is -0.336 e. The molecule has 1 atom stereocenters. The van der Waals surface area contributed by atoms with E-state index in [9.17, 15) is 13.2 Å². The number of aromatic nitrogens is 4. The molecule has 102 valence electrons. The van der Waals surface area contributed by atoms with Crippen molar-refractivity contribution in [1.29, 1.82) is 0 Å². The van der Waals surface area contributed by atoms with Gasteiger partial charge in [-0.05, 0) is 19.4 Å². The van der Waals surface area contributed by atoms with Gasteiger partial charge in [-0.1, -0.05) is 5.16 Å². The number of nitrogens with two attached hydrogens (primary N) is 1. The smallest absolute Gasteiger partial charge is 0.336 e. The van der Waals surface area contributed by atoms with Gasteiger partial charge in [0.1, 0.15) is 0 Å². The molecular formula is C10H10F3N5O. The van der Waals surface area contributed by atoms with Gasteiger partial charge in [-0.25, -0.2) is 9.97 Å². The van der Waals surface area contributed by atoms with Crippen LogP contribution in [0.3, 0.4) is 0 Å².